The van der Waals surface area contributed by atoms with Crippen molar-refractivity contribution in [3.63, 3.8) is 0 Å². The third-order valence-electron chi connectivity index (χ3n) is 3.16. The van der Waals surface area contributed by atoms with Gasteiger partial charge in [-0.15, -0.1) is 5.48 Å². The lowest BCUT2D eigenvalue weighted by Gasteiger charge is -2.04. The molecule has 6 nitrogen and oxygen atoms in total. The molecule has 0 amide bonds. The number of pyridine rings is 1. The second-order valence-corrected chi connectivity index (χ2v) is 4.61. The fourth-order valence-corrected chi connectivity index (χ4v) is 2.12. The van der Waals surface area contributed by atoms with E-state index in [2.05, 4.69) is 20.3 Å². The third-order valence-corrected chi connectivity index (χ3v) is 3.16. The van der Waals surface area contributed by atoms with E-state index in [0.29, 0.717) is 13.0 Å². The number of nitrogens with one attached hydrogen (secondary N) is 1. The zero-order valence-corrected chi connectivity index (χ0v) is 11.7. The zero-order valence-electron chi connectivity index (χ0n) is 11.7. The normalized spacial score (nSPS) is 10.4. The molecule has 22 heavy (non-hydrogen) atoms. The molecular weight excluding hydrogens is 280 g/mol. The van der Waals surface area contributed by atoms with Gasteiger partial charge >= 0.3 is 6.47 Å². The lowest BCUT2D eigenvalue weighted by molar-refractivity contribution is -0.135. The Balaban J connectivity index is 1.81. The van der Waals surface area contributed by atoms with Crippen LogP contribution in [0.25, 0.3) is 16.9 Å². The summed E-state index contributed by atoms with van der Waals surface area (Å²) in [6.45, 7) is 0.801. The molecule has 0 radical (unpaired) electrons. The number of hydroxylamine groups is 1. The van der Waals surface area contributed by atoms with Crippen LogP contribution in [0.5, 0.6) is 0 Å². The Labute approximate surface area is 127 Å². The van der Waals surface area contributed by atoms with E-state index in [4.69, 9.17) is 0 Å². The van der Waals surface area contributed by atoms with Gasteiger partial charge < -0.3 is 9.40 Å². The third kappa shape index (κ3) is 3.18. The highest BCUT2D eigenvalue weighted by atomic mass is 16.7. The summed E-state index contributed by atoms with van der Waals surface area (Å²) in [7, 11) is 0. The monoisotopic (exact) mass is 294 g/mol. The van der Waals surface area contributed by atoms with Crippen molar-refractivity contribution in [2.45, 2.75) is 6.54 Å². The highest BCUT2D eigenvalue weighted by Crippen LogP contribution is 2.20. The molecule has 0 fully saturated rings. The predicted molar refractivity (Wildman–Crippen MR) is 80.8 cm³/mol. The number of carbonyl (C=O) groups is 1. The van der Waals surface area contributed by atoms with Gasteiger partial charge in [-0.3, -0.25) is 9.78 Å². The molecule has 0 unspecified atom stereocenters. The van der Waals surface area contributed by atoms with E-state index in [9.17, 15) is 4.79 Å². The topological polar surface area (TPSA) is 69.0 Å². The minimum atomic E-state index is 0.361. The number of carbonyl (C=O) groups excluding carboxylic acids is 1. The highest BCUT2D eigenvalue weighted by molar-refractivity contribution is 5.59. The van der Waals surface area contributed by atoms with Gasteiger partial charge in [0.2, 0.25) is 0 Å². The molecule has 1 N–H and O–H groups in total. The van der Waals surface area contributed by atoms with Gasteiger partial charge in [0.25, 0.3) is 0 Å². The van der Waals surface area contributed by atoms with Crippen LogP contribution in [-0.2, 0) is 16.2 Å². The van der Waals surface area contributed by atoms with Crippen LogP contribution in [0.3, 0.4) is 0 Å². The summed E-state index contributed by atoms with van der Waals surface area (Å²) in [5.41, 5.74) is 6.37. The summed E-state index contributed by atoms with van der Waals surface area (Å²) in [6, 6.07) is 11.7. The molecular formula is C16H14N4O2. The number of imidazole rings is 1. The summed E-state index contributed by atoms with van der Waals surface area (Å²) in [4.78, 5) is 23.1. The highest BCUT2D eigenvalue weighted by Gasteiger charge is 2.04. The maximum absolute atomic E-state index is 10.1. The van der Waals surface area contributed by atoms with Crippen LogP contribution in [0.4, 0.5) is 0 Å². The molecule has 3 rings (SSSR count). The Bertz CT molecular complexity index is 756. The van der Waals surface area contributed by atoms with Gasteiger partial charge in [0, 0.05) is 18.0 Å². The molecule has 1 aromatic carbocycles. The van der Waals surface area contributed by atoms with Crippen LogP contribution in [0.2, 0.25) is 0 Å². The first kappa shape index (κ1) is 14.0. The standard InChI is InChI=1S/C16H14N4O2/c21-12-22-19-8-13-3-1-4-14(7-13)16-10-20(11-18-16)15-5-2-6-17-9-15/h1-7,9-12,19H,8H2. The van der Waals surface area contributed by atoms with Crippen molar-refractivity contribution < 1.29 is 9.63 Å². The zero-order chi connectivity index (χ0) is 15.2. The van der Waals surface area contributed by atoms with E-state index in [1.54, 1.807) is 18.7 Å². The summed E-state index contributed by atoms with van der Waals surface area (Å²) in [6.07, 6.45) is 7.22. The van der Waals surface area contributed by atoms with Crippen LogP contribution in [0.15, 0.2) is 61.3 Å². The lowest BCUT2D eigenvalue weighted by atomic mass is 10.1. The number of rotatable bonds is 6. The van der Waals surface area contributed by atoms with Gasteiger partial charge in [-0.25, -0.2) is 4.98 Å². The second-order valence-electron chi connectivity index (χ2n) is 4.61. The Hall–Kier alpha value is -2.99. The molecule has 0 aliphatic carbocycles. The van der Waals surface area contributed by atoms with E-state index in [-0.39, 0.29) is 0 Å². The molecule has 0 bridgehead atoms. The lowest BCUT2D eigenvalue weighted by Crippen LogP contribution is -2.12. The molecule has 3 aromatic rings. The van der Waals surface area contributed by atoms with Crippen molar-refractivity contribution in [3.05, 3.63) is 66.9 Å². The van der Waals surface area contributed by atoms with Gasteiger partial charge in [-0.1, -0.05) is 18.2 Å². The average molecular weight is 294 g/mol. The van der Waals surface area contributed by atoms with Crippen molar-refractivity contribution in [2.75, 3.05) is 0 Å². The van der Waals surface area contributed by atoms with E-state index in [1.165, 1.54) is 0 Å². The average Bonchev–Trinajstić information content (AvgIpc) is 3.06. The quantitative estimate of drug-likeness (QED) is 0.428. The maximum Gasteiger partial charge on any atom is 0.312 e. The molecule has 2 aromatic heterocycles. The van der Waals surface area contributed by atoms with Gasteiger partial charge in [-0.05, 0) is 23.8 Å². The molecule has 0 saturated carbocycles. The first-order chi connectivity index (χ1) is 10.9. The minimum Gasteiger partial charge on any atom is -0.373 e. The molecule has 0 spiro atoms. The number of nitrogens with zero attached hydrogens (tertiary/aromatic N) is 3. The van der Waals surface area contributed by atoms with Crippen molar-refractivity contribution in [3.8, 4) is 16.9 Å². The molecule has 2 heterocycles. The Morgan fingerprint density at radius 3 is 3.05 bits per heavy atom. The van der Waals surface area contributed by atoms with Crippen LogP contribution < -0.4 is 5.48 Å². The summed E-state index contributed by atoms with van der Waals surface area (Å²) < 4.78 is 1.92. The van der Waals surface area contributed by atoms with Gasteiger partial charge in [0.05, 0.1) is 30.5 Å². The molecule has 6 heteroatoms. The fraction of sp³-hybridized carbons (Fsp3) is 0.0625. The molecule has 110 valence electrons. The first-order valence-electron chi connectivity index (χ1n) is 6.72. The van der Waals surface area contributed by atoms with Crippen LogP contribution >= 0.6 is 0 Å². The van der Waals surface area contributed by atoms with Crippen molar-refractivity contribution in [1.82, 2.24) is 20.0 Å². The molecule has 0 aliphatic heterocycles. The summed E-state index contributed by atoms with van der Waals surface area (Å²) >= 11 is 0. The van der Waals surface area contributed by atoms with E-state index < -0.39 is 0 Å². The number of benzene rings is 1. The predicted octanol–water partition coefficient (Wildman–Crippen LogP) is 2.11. The van der Waals surface area contributed by atoms with Gasteiger partial charge in [0.1, 0.15) is 0 Å². The van der Waals surface area contributed by atoms with Crippen molar-refractivity contribution >= 4 is 6.47 Å². The Morgan fingerprint density at radius 2 is 2.23 bits per heavy atom. The number of aromatic nitrogens is 3. The first-order valence-corrected chi connectivity index (χ1v) is 6.72. The number of hydrogen-bond acceptors (Lipinski definition) is 5. The van der Waals surface area contributed by atoms with E-state index in [0.717, 1.165) is 22.5 Å². The van der Waals surface area contributed by atoms with Crippen molar-refractivity contribution in [2.24, 2.45) is 0 Å². The number of hydrogen-bond donors (Lipinski definition) is 1. The smallest absolute Gasteiger partial charge is 0.312 e. The Morgan fingerprint density at radius 1 is 1.27 bits per heavy atom. The minimum absolute atomic E-state index is 0.361. The van der Waals surface area contributed by atoms with Gasteiger partial charge in [-0.2, -0.15) is 0 Å². The second kappa shape index (κ2) is 6.64. The van der Waals surface area contributed by atoms with Gasteiger partial charge in [0.15, 0.2) is 0 Å². The van der Waals surface area contributed by atoms with Crippen LogP contribution in [-0.4, -0.2) is 21.0 Å². The molecule has 0 saturated heterocycles. The fourth-order valence-electron chi connectivity index (χ4n) is 2.12. The maximum atomic E-state index is 10.1. The SMILES string of the molecule is O=CONCc1cccc(-c2cn(-c3cccnc3)cn2)c1. The molecule has 0 aliphatic rings. The largest absolute Gasteiger partial charge is 0.373 e. The van der Waals surface area contributed by atoms with E-state index >= 15 is 0 Å². The molecule has 0 atom stereocenters. The van der Waals surface area contributed by atoms with Crippen LogP contribution in [0, 0.1) is 0 Å². The van der Waals surface area contributed by atoms with Crippen LogP contribution in [0.1, 0.15) is 5.56 Å². The van der Waals surface area contributed by atoms with Crippen molar-refractivity contribution in [1.29, 1.82) is 0 Å². The van der Waals surface area contributed by atoms with E-state index in [1.807, 2.05) is 47.2 Å². The summed E-state index contributed by atoms with van der Waals surface area (Å²) in [5.74, 6) is 0. The summed E-state index contributed by atoms with van der Waals surface area (Å²) in [5, 5.41) is 0. The Kier molecular flexibility index (Phi) is 4.22.